The van der Waals surface area contributed by atoms with Crippen molar-refractivity contribution in [1.29, 1.82) is 0 Å². The van der Waals surface area contributed by atoms with Crippen LogP contribution in [0, 0.1) is 0 Å². The number of carbonyl (C=O) groups excluding carboxylic acids is 3. The molecule has 3 N–H and O–H groups in total. The molecule has 1 aliphatic carbocycles. The standard InChI is InChI=1S/C31H31Cl2N3O5/c32-21-13-9-19(10-14-21)18-41-35-30(39)28-23-5-1-2-6-24(23)31(40)36(29(28)20-11-15-22(33)16-12-20)26-8-4-3-7-25(26)34-27(38)17-37/h1-2,5-6,9-16,25-26,28-29,37H,3-4,7-8,17-18H2,(H,34,38)(H,35,39)/t25-,26-,28+,29-/m0/s1. The minimum atomic E-state index is -0.814. The number of nitrogens with zero attached hydrogens (tertiary/aromatic N) is 1. The van der Waals surface area contributed by atoms with Gasteiger partial charge in [0.05, 0.1) is 24.6 Å². The summed E-state index contributed by atoms with van der Waals surface area (Å²) in [6, 6.07) is 19.8. The molecule has 10 heteroatoms. The fourth-order valence-electron chi connectivity index (χ4n) is 5.91. The van der Waals surface area contributed by atoms with Crippen molar-refractivity contribution in [3.05, 3.63) is 105 Å². The topological polar surface area (TPSA) is 108 Å². The fraction of sp³-hybridized carbons (Fsp3) is 0.323. The minimum absolute atomic E-state index is 0.128. The minimum Gasteiger partial charge on any atom is -0.387 e. The molecular weight excluding hydrogens is 565 g/mol. The van der Waals surface area contributed by atoms with Crippen LogP contribution < -0.4 is 10.8 Å². The summed E-state index contributed by atoms with van der Waals surface area (Å²) in [6.45, 7) is -0.514. The van der Waals surface area contributed by atoms with E-state index in [1.807, 2.05) is 24.3 Å². The van der Waals surface area contributed by atoms with Crippen LogP contribution in [-0.4, -0.2) is 46.4 Å². The summed E-state index contributed by atoms with van der Waals surface area (Å²) in [5.41, 5.74) is 5.19. The maximum absolute atomic E-state index is 14.2. The number of rotatable bonds is 8. The van der Waals surface area contributed by atoms with Gasteiger partial charge in [0.15, 0.2) is 0 Å². The van der Waals surface area contributed by atoms with Crippen LogP contribution >= 0.6 is 23.2 Å². The number of halogens is 2. The van der Waals surface area contributed by atoms with Gasteiger partial charge < -0.3 is 15.3 Å². The van der Waals surface area contributed by atoms with E-state index in [0.29, 0.717) is 34.0 Å². The van der Waals surface area contributed by atoms with Crippen molar-refractivity contribution in [3.63, 3.8) is 0 Å². The molecule has 1 fully saturated rings. The SMILES string of the molecule is O=C(CO)N[C@H]1CCCC[C@@H]1N1C(=O)c2ccccc2[C@@H](C(=O)NOCc2ccc(Cl)cc2)[C@@H]1c1ccc(Cl)cc1. The number of carbonyl (C=O) groups is 3. The molecule has 41 heavy (non-hydrogen) atoms. The molecule has 1 heterocycles. The number of nitrogens with one attached hydrogen (secondary N) is 2. The van der Waals surface area contributed by atoms with Gasteiger partial charge in [-0.3, -0.25) is 19.2 Å². The smallest absolute Gasteiger partial charge is 0.255 e. The largest absolute Gasteiger partial charge is 0.387 e. The first-order valence-electron chi connectivity index (χ1n) is 13.6. The zero-order valence-electron chi connectivity index (χ0n) is 22.3. The summed E-state index contributed by atoms with van der Waals surface area (Å²) in [4.78, 5) is 47.8. The van der Waals surface area contributed by atoms with E-state index in [0.717, 1.165) is 24.0 Å². The Morgan fingerprint density at radius 1 is 0.927 bits per heavy atom. The van der Waals surface area contributed by atoms with Gasteiger partial charge in [0.25, 0.3) is 11.8 Å². The molecule has 3 aromatic carbocycles. The van der Waals surface area contributed by atoms with E-state index in [4.69, 9.17) is 28.0 Å². The van der Waals surface area contributed by atoms with Crippen LogP contribution in [0.2, 0.25) is 10.0 Å². The number of benzene rings is 3. The van der Waals surface area contributed by atoms with Crippen LogP contribution in [0.4, 0.5) is 0 Å². The van der Waals surface area contributed by atoms with E-state index in [9.17, 15) is 19.5 Å². The first-order chi connectivity index (χ1) is 19.9. The molecule has 1 saturated carbocycles. The van der Waals surface area contributed by atoms with Crippen molar-refractivity contribution in [2.75, 3.05) is 6.61 Å². The van der Waals surface area contributed by atoms with Crippen LogP contribution in [0.25, 0.3) is 0 Å². The Morgan fingerprint density at radius 2 is 1.59 bits per heavy atom. The van der Waals surface area contributed by atoms with Crippen molar-refractivity contribution >= 4 is 40.9 Å². The van der Waals surface area contributed by atoms with Crippen molar-refractivity contribution in [2.45, 2.75) is 56.3 Å². The van der Waals surface area contributed by atoms with Gasteiger partial charge in [-0.2, -0.15) is 0 Å². The molecule has 0 spiro atoms. The zero-order valence-corrected chi connectivity index (χ0v) is 23.8. The van der Waals surface area contributed by atoms with Gasteiger partial charge in [-0.1, -0.05) is 78.5 Å². The quantitative estimate of drug-likeness (QED) is 0.320. The van der Waals surface area contributed by atoms with E-state index in [2.05, 4.69) is 10.8 Å². The van der Waals surface area contributed by atoms with Gasteiger partial charge in [-0.05, 0) is 59.9 Å². The van der Waals surface area contributed by atoms with Crippen molar-refractivity contribution in [3.8, 4) is 0 Å². The highest BCUT2D eigenvalue weighted by Crippen LogP contribution is 2.46. The van der Waals surface area contributed by atoms with Gasteiger partial charge in [0.2, 0.25) is 5.91 Å². The summed E-state index contributed by atoms with van der Waals surface area (Å²) in [7, 11) is 0. The van der Waals surface area contributed by atoms with Crippen molar-refractivity contribution in [2.24, 2.45) is 0 Å². The Morgan fingerprint density at radius 3 is 2.29 bits per heavy atom. The average molecular weight is 597 g/mol. The van der Waals surface area contributed by atoms with Crippen molar-refractivity contribution in [1.82, 2.24) is 15.7 Å². The lowest BCUT2D eigenvalue weighted by Crippen LogP contribution is -2.59. The number of amides is 3. The third kappa shape index (κ3) is 6.41. The summed E-state index contributed by atoms with van der Waals surface area (Å²) < 4.78 is 0. The molecule has 8 nitrogen and oxygen atoms in total. The van der Waals surface area contributed by atoms with Gasteiger partial charge in [0, 0.05) is 21.7 Å². The van der Waals surface area contributed by atoms with Gasteiger partial charge in [-0.25, -0.2) is 5.48 Å². The highest BCUT2D eigenvalue weighted by molar-refractivity contribution is 6.30. The molecule has 2 aliphatic rings. The second-order valence-corrected chi connectivity index (χ2v) is 11.2. The second-order valence-electron chi connectivity index (χ2n) is 10.3. The highest BCUT2D eigenvalue weighted by atomic mass is 35.5. The zero-order chi connectivity index (χ0) is 28.9. The van der Waals surface area contributed by atoms with Crippen LogP contribution in [0.1, 0.15) is 64.7 Å². The van der Waals surface area contributed by atoms with Gasteiger partial charge >= 0.3 is 0 Å². The summed E-state index contributed by atoms with van der Waals surface area (Å²) >= 11 is 12.2. The lowest BCUT2D eigenvalue weighted by Gasteiger charge is -2.49. The summed E-state index contributed by atoms with van der Waals surface area (Å²) in [6.07, 6.45) is 3.02. The molecule has 4 atom stereocenters. The maximum Gasteiger partial charge on any atom is 0.255 e. The molecule has 0 unspecified atom stereocenters. The van der Waals surface area contributed by atoms with Crippen LogP contribution in [0.15, 0.2) is 72.8 Å². The highest BCUT2D eigenvalue weighted by Gasteiger charge is 2.48. The Labute approximate surface area is 248 Å². The summed E-state index contributed by atoms with van der Waals surface area (Å²) in [5, 5.41) is 13.4. The Balaban J connectivity index is 1.54. The van der Waals surface area contributed by atoms with Gasteiger partial charge in [-0.15, -0.1) is 0 Å². The van der Waals surface area contributed by atoms with E-state index >= 15 is 0 Å². The first-order valence-corrected chi connectivity index (χ1v) is 14.4. The molecule has 1 aliphatic heterocycles. The molecule has 214 valence electrons. The second kappa shape index (κ2) is 13.0. The van der Waals surface area contributed by atoms with E-state index < -0.39 is 36.4 Å². The predicted molar refractivity (Wildman–Crippen MR) is 155 cm³/mol. The number of hydroxylamine groups is 1. The lowest BCUT2D eigenvalue weighted by atomic mass is 9.76. The van der Waals surface area contributed by atoms with Crippen LogP contribution in [0.3, 0.4) is 0 Å². The third-order valence-corrected chi connectivity index (χ3v) is 8.28. The monoisotopic (exact) mass is 595 g/mol. The first kappa shape index (κ1) is 29.1. The Bertz CT molecular complexity index is 1400. The average Bonchev–Trinajstić information content (AvgIpc) is 2.99. The third-order valence-electron chi connectivity index (χ3n) is 7.77. The Kier molecular flexibility index (Phi) is 9.25. The molecule has 0 radical (unpaired) electrons. The van der Waals surface area contributed by atoms with E-state index in [1.165, 1.54) is 0 Å². The number of hydrogen-bond donors (Lipinski definition) is 3. The molecule has 0 bridgehead atoms. The lowest BCUT2D eigenvalue weighted by molar-refractivity contribution is -0.138. The van der Waals surface area contributed by atoms with Gasteiger partial charge in [0.1, 0.15) is 6.61 Å². The van der Waals surface area contributed by atoms with Crippen molar-refractivity contribution < 1.29 is 24.3 Å². The van der Waals surface area contributed by atoms with Crippen LogP contribution in [0.5, 0.6) is 0 Å². The normalized spacial score (nSPS) is 22.1. The molecule has 3 aromatic rings. The van der Waals surface area contributed by atoms with Crippen LogP contribution in [-0.2, 0) is 21.0 Å². The molecule has 0 saturated heterocycles. The Hall–Kier alpha value is -3.43. The summed E-state index contributed by atoms with van der Waals surface area (Å²) in [5.74, 6) is -1.94. The van der Waals surface area contributed by atoms with E-state index in [-0.39, 0.29) is 18.6 Å². The number of aliphatic hydroxyl groups excluding tert-OH is 1. The number of aliphatic hydroxyl groups is 1. The predicted octanol–water partition coefficient (Wildman–Crippen LogP) is 4.94. The fourth-order valence-corrected chi connectivity index (χ4v) is 6.17. The molecule has 5 rings (SSSR count). The molecule has 0 aromatic heterocycles. The molecular formula is C31H31Cl2N3O5. The maximum atomic E-state index is 14.2. The van der Waals surface area contributed by atoms with E-state index in [1.54, 1.807) is 53.4 Å². The molecule has 3 amide bonds. The number of fused-ring (bicyclic) bond motifs is 1. The number of hydrogen-bond acceptors (Lipinski definition) is 5.